The lowest BCUT2D eigenvalue weighted by Gasteiger charge is -2.16. The molecule has 5 rings (SSSR count). The van der Waals surface area contributed by atoms with E-state index in [1.807, 2.05) is 34.2 Å². The summed E-state index contributed by atoms with van der Waals surface area (Å²) in [5.41, 5.74) is 2.06. The van der Waals surface area contributed by atoms with Gasteiger partial charge in [0.25, 0.3) is 0 Å². The number of nitrogens with zero attached hydrogens (tertiary/aromatic N) is 6. The van der Waals surface area contributed by atoms with Gasteiger partial charge in [-0.25, -0.2) is 9.97 Å². The molecule has 0 aromatic carbocycles. The van der Waals surface area contributed by atoms with Crippen molar-refractivity contribution < 1.29 is 4.79 Å². The molecule has 0 radical (unpaired) electrons. The molecule has 0 N–H and O–H groups in total. The molecule has 136 valence electrons. The first kappa shape index (κ1) is 15.9. The number of likely N-dealkylation sites (tertiary alicyclic amines) is 1. The maximum Gasteiger partial charge on any atom is 0.227 e. The van der Waals surface area contributed by atoms with Crippen molar-refractivity contribution in [1.29, 1.82) is 0 Å². The van der Waals surface area contributed by atoms with Gasteiger partial charge >= 0.3 is 0 Å². The van der Waals surface area contributed by atoms with E-state index in [1.165, 1.54) is 12.8 Å². The Bertz CT molecular complexity index is 814. The Kier molecular flexibility index (Phi) is 3.96. The Balaban J connectivity index is 1.22. The van der Waals surface area contributed by atoms with E-state index in [2.05, 4.69) is 15.0 Å². The number of rotatable bonds is 5. The normalized spacial score (nSPS) is 23.9. The fourth-order valence-electron chi connectivity index (χ4n) is 4.03. The van der Waals surface area contributed by atoms with E-state index in [1.54, 1.807) is 0 Å². The van der Waals surface area contributed by atoms with Crippen molar-refractivity contribution in [3.63, 3.8) is 0 Å². The van der Waals surface area contributed by atoms with Gasteiger partial charge in [0.15, 0.2) is 0 Å². The Morgan fingerprint density at radius 3 is 2.92 bits per heavy atom. The van der Waals surface area contributed by atoms with Gasteiger partial charge < -0.3 is 4.90 Å². The summed E-state index contributed by atoms with van der Waals surface area (Å²) in [5.74, 6) is 1.83. The predicted octanol–water partition coefficient (Wildman–Crippen LogP) is 2.12. The van der Waals surface area contributed by atoms with Gasteiger partial charge in [-0.05, 0) is 31.7 Å². The zero-order valence-electron chi connectivity index (χ0n) is 14.9. The van der Waals surface area contributed by atoms with Gasteiger partial charge in [-0.3, -0.25) is 14.4 Å². The first-order valence-corrected chi connectivity index (χ1v) is 9.65. The van der Waals surface area contributed by atoms with Gasteiger partial charge in [0.05, 0.1) is 23.6 Å². The Morgan fingerprint density at radius 1 is 1.19 bits per heavy atom. The molecule has 0 spiro atoms. The molecule has 1 atom stereocenters. The summed E-state index contributed by atoms with van der Waals surface area (Å²) in [4.78, 5) is 25.4. The molecule has 7 heteroatoms. The van der Waals surface area contributed by atoms with Gasteiger partial charge in [-0.15, -0.1) is 0 Å². The average Bonchev–Trinajstić information content (AvgIpc) is 3.02. The van der Waals surface area contributed by atoms with Crippen LogP contribution in [0.25, 0.3) is 0 Å². The lowest BCUT2D eigenvalue weighted by Crippen LogP contribution is -2.23. The van der Waals surface area contributed by atoms with Crippen LogP contribution in [0.2, 0.25) is 0 Å². The summed E-state index contributed by atoms with van der Waals surface area (Å²) in [7, 11) is 0. The van der Waals surface area contributed by atoms with Crippen molar-refractivity contribution in [2.75, 3.05) is 24.5 Å². The summed E-state index contributed by atoms with van der Waals surface area (Å²) < 4.78 is 2.04. The SMILES string of the molecule is O=C1CCCN1c1cnn(C2CCN(Cc3ccnc(C4CC4)n3)C2)c1. The van der Waals surface area contributed by atoms with Crippen LogP contribution in [0, 0.1) is 0 Å². The van der Waals surface area contributed by atoms with Crippen molar-refractivity contribution >= 4 is 11.6 Å². The van der Waals surface area contributed by atoms with Crippen LogP contribution in [0.15, 0.2) is 24.7 Å². The molecule has 7 nitrogen and oxygen atoms in total. The van der Waals surface area contributed by atoms with Crippen LogP contribution >= 0.6 is 0 Å². The third-order valence-corrected chi connectivity index (χ3v) is 5.65. The standard InChI is InChI=1S/C19H24N6O/c26-18-2-1-8-24(18)17-10-21-25(13-17)16-6-9-23(12-16)11-15-5-7-20-19(22-15)14-3-4-14/h5,7,10,13-14,16H,1-4,6,8-9,11-12H2. The number of carbonyl (C=O) groups excluding carboxylic acids is 1. The first-order chi connectivity index (χ1) is 12.8. The second kappa shape index (κ2) is 6.46. The van der Waals surface area contributed by atoms with Gasteiger partial charge in [-0.1, -0.05) is 0 Å². The topological polar surface area (TPSA) is 67.2 Å². The quantitative estimate of drug-likeness (QED) is 0.825. The van der Waals surface area contributed by atoms with E-state index < -0.39 is 0 Å². The number of aromatic nitrogens is 4. The number of carbonyl (C=O) groups is 1. The summed E-state index contributed by atoms with van der Waals surface area (Å²) in [5, 5.41) is 4.53. The van der Waals surface area contributed by atoms with Crippen molar-refractivity contribution in [3.05, 3.63) is 36.2 Å². The van der Waals surface area contributed by atoms with Crippen LogP contribution in [0.3, 0.4) is 0 Å². The van der Waals surface area contributed by atoms with Gasteiger partial charge in [0.2, 0.25) is 5.91 Å². The molecule has 2 saturated heterocycles. The zero-order chi connectivity index (χ0) is 17.5. The molecule has 3 fully saturated rings. The third-order valence-electron chi connectivity index (χ3n) is 5.65. The lowest BCUT2D eigenvalue weighted by atomic mass is 10.3. The molecule has 1 unspecified atom stereocenters. The number of anilines is 1. The molecule has 1 aliphatic carbocycles. The molecule has 2 aromatic heterocycles. The maximum absolute atomic E-state index is 11.9. The number of hydrogen-bond acceptors (Lipinski definition) is 5. The Hall–Kier alpha value is -2.28. The van der Waals surface area contributed by atoms with E-state index >= 15 is 0 Å². The second-order valence-corrected chi connectivity index (χ2v) is 7.69. The number of amides is 1. The van der Waals surface area contributed by atoms with Crippen LogP contribution in [-0.2, 0) is 11.3 Å². The van der Waals surface area contributed by atoms with Crippen LogP contribution in [0.1, 0.15) is 55.6 Å². The van der Waals surface area contributed by atoms with Crippen LogP contribution in [0.4, 0.5) is 5.69 Å². The van der Waals surface area contributed by atoms with E-state index in [-0.39, 0.29) is 5.91 Å². The van der Waals surface area contributed by atoms with Gasteiger partial charge in [0.1, 0.15) is 5.82 Å². The van der Waals surface area contributed by atoms with E-state index in [0.717, 1.165) is 56.2 Å². The predicted molar refractivity (Wildman–Crippen MR) is 96.8 cm³/mol. The van der Waals surface area contributed by atoms with Gasteiger partial charge in [-0.2, -0.15) is 5.10 Å². The maximum atomic E-state index is 11.9. The zero-order valence-corrected chi connectivity index (χ0v) is 14.9. The smallest absolute Gasteiger partial charge is 0.227 e. The Morgan fingerprint density at radius 2 is 2.12 bits per heavy atom. The highest BCUT2D eigenvalue weighted by molar-refractivity contribution is 5.95. The van der Waals surface area contributed by atoms with E-state index in [0.29, 0.717) is 18.4 Å². The summed E-state index contributed by atoms with van der Waals surface area (Å²) in [6.07, 6.45) is 10.9. The molecular weight excluding hydrogens is 328 g/mol. The largest absolute Gasteiger partial charge is 0.309 e. The lowest BCUT2D eigenvalue weighted by molar-refractivity contribution is -0.117. The molecular formula is C19H24N6O. The summed E-state index contributed by atoms with van der Waals surface area (Å²) in [6.45, 7) is 3.71. The molecule has 2 aromatic rings. The highest BCUT2D eigenvalue weighted by Crippen LogP contribution is 2.37. The highest BCUT2D eigenvalue weighted by atomic mass is 16.2. The van der Waals surface area contributed by atoms with Crippen molar-refractivity contribution in [2.24, 2.45) is 0 Å². The minimum absolute atomic E-state index is 0.216. The van der Waals surface area contributed by atoms with E-state index in [9.17, 15) is 4.79 Å². The molecule has 26 heavy (non-hydrogen) atoms. The van der Waals surface area contributed by atoms with Crippen LogP contribution in [0.5, 0.6) is 0 Å². The van der Waals surface area contributed by atoms with Gasteiger partial charge in [0, 0.05) is 50.9 Å². The van der Waals surface area contributed by atoms with Crippen LogP contribution < -0.4 is 4.90 Å². The summed E-state index contributed by atoms with van der Waals surface area (Å²) >= 11 is 0. The van der Waals surface area contributed by atoms with Crippen molar-refractivity contribution in [2.45, 2.75) is 50.6 Å². The molecule has 1 amide bonds. The second-order valence-electron chi connectivity index (χ2n) is 7.69. The minimum atomic E-state index is 0.216. The molecule has 0 bridgehead atoms. The third kappa shape index (κ3) is 3.11. The first-order valence-electron chi connectivity index (χ1n) is 9.65. The highest BCUT2D eigenvalue weighted by Gasteiger charge is 2.29. The molecule has 1 saturated carbocycles. The number of hydrogen-bond donors (Lipinski definition) is 0. The molecule has 3 aliphatic rings. The van der Waals surface area contributed by atoms with Crippen LogP contribution in [-0.4, -0.2) is 50.2 Å². The Labute approximate surface area is 153 Å². The molecule has 4 heterocycles. The monoisotopic (exact) mass is 352 g/mol. The van der Waals surface area contributed by atoms with Crippen molar-refractivity contribution in [1.82, 2.24) is 24.6 Å². The molecule has 2 aliphatic heterocycles. The van der Waals surface area contributed by atoms with Crippen molar-refractivity contribution in [3.8, 4) is 0 Å². The fraction of sp³-hybridized carbons (Fsp3) is 0.579. The fourth-order valence-corrected chi connectivity index (χ4v) is 4.03. The average molecular weight is 352 g/mol. The van der Waals surface area contributed by atoms with E-state index in [4.69, 9.17) is 4.98 Å². The minimum Gasteiger partial charge on any atom is -0.309 e. The summed E-state index contributed by atoms with van der Waals surface area (Å²) in [6, 6.07) is 2.40.